The maximum atomic E-state index is 13.3. The molecular formula is C12H13FN2OS. The van der Waals surface area contributed by atoms with Crippen molar-refractivity contribution in [3.63, 3.8) is 0 Å². The Labute approximate surface area is 102 Å². The Morgan fingerprint density at radius 1 is 1.41 bits per heavy atom. The molecule has 0 aliphatic carbocycles. The molecule has 17 heavy (non-hydrogen) atoms. The summed E-state index contributed by atoms with van der Waals surface area (Å²) in [6.45, 7) is 0. The summed E-state index contributed by atoms with van der Waals surface area (Å²) in [6, 6.07) is 4.43. The fourth-order valence-electron chi connectivity index (χ4n) is 2.31. The molecule has 0 bridgehead atoms. The van der Waals surface area contributed by atoms with Crippen molar-refractivity contribution in [2.45, 2.75) is 24.6 Å². The van der Waals surface area contributed by atoms with Crippen LogP contribution in [0.4, 0.5) is 4.39 Å². The van der Waals surface area contributed by atoms with Crippen LogP contribution in [0.3, 0.4) is 0 Å². The molecule has 1 unspecified atom stereocenters. The molecular weight excluding hydrogens is 239 g/mol. The number of nitrogens with one attached hydrogen (secondary N) is 1. The molecule has 1 saturated heterocycles. The molecule has 1 atom stereocenters. The topological polar surface area (TPSA) is 37.8 Å². The number of imidazole rings is 1. The Morgan fingerprint density at radius 2 is 2.29 bits per heavy atom. The highest BCUT2D eigenvalue weighted by molar-refractivity contribution is 7.99. The highest BCUT2D eigenvalue weighted by atomic mass is 32.2. The molecule has 0 spiro atoms. The SMILES string of the molecule is O=c1[nH]c2ccc(F)cc2n1C1CCCCS1. The van der Waals surface area contributed by atoms with E-state index in [-0.39, 0.29) is 16.9 Å². The number of halogens is 1. The predicted octanol–water partition coefficient (Wildman–Crippen LogP) is 2.88. The Morgan fingerprint density at radius 3 is 3.06 bits per heavy atom. The molecule has 1 fully saturated rings. The fourth-order valence-corrected chi connectivity index (χ4v) is 3.64. The number of benzene rings is 1. The van der Waals surface area contributed by atoms with Gasteiger partial charge in [0.15, 0.2) is 0 Å². The summed E-state index contributed by atoms with van der Waals surface area (Å²) < 4.78 is 15.0. The van der Waals surface area contributed by atoms with E-state index in [1.165, 1.54) is 18.6 Å². The van der Waals surface area contributed by atoms with Crippen molar-refractivity contribution in [2.24, 2.45) is 0 Å². The molecule has 3 rings (SSSR count). The second-order valence-corrected chi connectivity index (χ2v) is 5.57. The van der Waals surface area contributed by atoms with Crippen molar-refractivity contribution in [2.75, 3.05) is 5.75 Å². The highest BCUT2D eigenvalue weighted by Gasteiger charge is 2.20. The summed E-state index contributed by atoms with van der Waals surface area (Å²) in [5.41, 5.74) is 1.25. The molecule has 0 amide bonds. The average molecular weight is 252 g/mol. The third-order valence-electron chi connectivity index (χ3n) is 3.12. The summed E-state index contributed by atoms with van der Waals surface area (Å²) in [5, 5.41) is 0.145. The first kappa shape index (κ1) is 10.9. The van der Waals surface area contributed by atoms with Gasteiger partial charge in [0.25, 0.3) is 0 Å². The van der Waals surface area contributed by atoms with Gasteiger partial charge in [-0.2, -0.15) is 0 Å². The molecule has 2 aromatic rings. The van der Waals surface area contributed by atoms with Gasteiger partial charge in [-0.3, -0.25) is 4.57 Å². The van der Waals surface area contributed by atoms with Crippen LogP contribution in [-0.4, -0.2) is 15.3 Å². The molecule has 1 N–H and O–H groups in total. The lowest BCUT2D eigenvalue weighted by Gasteiger charge is -2.22. The van der Waals surface area contributed by atoms with E-state index in [1.807, 2.05) is 0 Å². The number of aromatic nitrogens is 2. The van der Waals surface area contributed by atoms with Gasteiger partial charge in [0.2, 0.25) is 0 Å². The van der Waals surface area contributed by atoms with Crippen molar-refractivity contribution < 1.29 is 4.39 Å². The smallest absolute Gasteiger partial charge is 0.306 e. The Hall–Kier alpha value is -1.23. The average Bonchev–Trinajstić information content (AvgIpc) is 2.65. The van der Waals surface area contributed by atoms with Gasteiger partial charge in [0.05, 0.1) is 16.4 Å². The number of hydrogen-bond donors (Lipinski definition) is 1. The van der Waals surface area contributed by atoms with E-state index in [0.717, 1.165) is 18.6 Å². The van der Waals surface area contributed by atoms with Crippen LogP contribution in [0.25, 0.3) is 11.0 Å². The predicted molar refractivity (Wildman–Crippen MR) is 67.9 cm³/mol. The Bertz CT molecular complexity index is 598. The first-order valence-corrected chi connectivity index (χ1v) is 6.82. The zero-order valence-electron chi connectivity index (χ0n) is 9.28. The number of fused-ring (bicyclic) bond motifs is 1. The number of H-pyrrole nitrogens is 1. The molecule has 3 nitrogen and oxygen atoms in total. The number of hydrogen-bond acceptors (Lipinski definition) is 2. The second kappa shape index (κ2) is 4.22. The zero-order valence-corrected chi connectivity index (χ0v) is 10.1. The molecule has 5 heteroatoms. The second-order valence-electron chi connectivity index (χ2n) is 4.28. The minimum Gasteiger partial charge on any atom is -0.306 e. The molecule has 0 saturated carbocycles. The lowest BCUT2D eigenvalue weighted by atomic mass is 10.2. The van der Waals surface area contributed by atoms with Crippen molar-refractivity contribution in [3.8, 4) is 0 Å². The monoisotopic (exact) mass is 252 g/mol. The van der Waals surface area contributed by atoms with Crippen molar-refractivity contribution in [1.29, 1.82) is 0 Å². The lowest BCUT2D eigenvalue weighted by Crippen LogP contribution is -2.22. The minimum atomic E-state index is -0.300. The molecule has 1 aliphatic heterocycles. The van der Waals surface area contributed by atoms with Gasteiger partial charge in [-0.05, 0) is 43.2 Å². The van der Waals surface area contributed by atoms with Crippen molar-refractivity contribution in [3.05, 3.63) is 34.5 Å². The van der Waals surface area contributed by atoms with Crippen LogP contribution in [0.15, 0.2) is 23.0 Å². The number of thioether (sulfide) groups is 1. The van der Waals surface area contributed by atoms with Gasteiger partial charge in [-0.25, -0.2) is 9.18 Å². The van der Waals surface area contributed by atoms with Crippen LogP contribution < -0.4 is 5.69 Å². The summed E-state index contributed by atoms with van der Waals surface area (Å²) in [5.74, 6) is 0.769. The number of aromatic amines is 1. The standard InChI is InChI=1S/C12H13FN2OS/c13-8-4-5-9-10(7-8)15(12(16)14-9)11-3-1-2-6-17-11/h4-5,7,11H,1-3,6H2,(H,14,16). The summed E-state index contributed by atoms with van der Waals surface area (Å²) >= 11 is 1.78. The first-order chi connectivity index (χ1) is 8.25. The van der Waals surface area contributed by atoms with Gasteiger partial charge in [0, 0.05) is 0 Å². The summed E-state index contributed by atoms with van der Waals surface area (Å²) in [4.78, 5) is 14.7. The van der Waals surface area contributed by atoms with E-state index in [9.17, 15) is 9.18 Å². The van der Waals surface area contributed by atoms with E-state index < -0.39 is 0 Å². The number of nitrogens with zero attached hydrogens (tertiary/aromatic N) is 1. The van der Waals surface area contributed by atoms with Gasteiger partial charge in [-0.1, -0.05) is 0 Å². The van der Waals surface area contributed by atoms with Crippen LogP contribution in [0, 0.1) is 5.82 Å². The normalized spacial score (nSPS) is 20.9. The molecule has 1 aromatic carbocycles. The molecule has 1 aliphatic rings. The minimum absolute atomic E-state index is 0.134. The lowest BCUT2D eigenvalue weighted by molar-refractivity contribution is 0.567. The van der Waals surface area contributed by atoms with E-state index >= 15 is 0 Å². The molecule has 0 radical (unpaired) electrons. The first-order valence-electron chi connectivity index (χ1n) is 5.77. The number of rotatable bonds is 1. The van der Waals surface area contributed by atoms with Crippen LogP contribution >= 0.6 is 11.8 Å². The largest absolute Gasteiger partial charge is 0.327 e. The third-order valence-corrected chi connectivity index (χ3v) is 4.48. The summed E-state index contributed by atoms with van der Waals surface area (Å²) in [7, 11) is 0. The van der Waals surface area contributed by atoms with Crippen LogP contribution in [0.5, 0.6) is 0 Å². The van der Waals surface area contributed by atoms with Gasteiger partial charge in [0.1, 0.15) is 5.82 Å². The van der Waals surface area contributed by atoms with Crippen LogP contribution in [0.2, 0.25) is 0 Å². The van der Waals surface area contributed by atoms with E-state index in [4.69, 9.17) is 0 Å². The van der Waals surface area contributed by atoms with Gasteiger partial charge >= 0.3 is 5.69 Å². The highest BCUT2D eigenvalue weighted by Crippen LogP contribution is 2.34. The van der Waals surface area contributed by atoms with E-state index in [0.29, 0.717) is 11.0 Å². The zero-order chi connectivity index (χ0) is 11.8. The van der Waals surface area contributed by atoms with Crippen molar-refractivity contribution in [1.82, 2.24) is 9.55 Å². The Balaban J connectivity index is 2.16. The maximum Gasteiger partial charge on any atom is 0.327 e. The fraction of sp³-hybridized carbons (Fsp3) is 0.417. The van der Waals surface area contributed by atoms with E-state index in [2.05, 4.69) is 4.98 Å². The van der Waals surface area contributed by atoms with Gasteiger partial charge < -0.3 is 4.98 Å². The molecule has 90 valence electrons. The van der Waals surface area contributed by atoms with E-state index in [1.54, 1.807) is 22.4 Å². The van der Waals surface area contributed by atoms with Crippen LogP contribution in [-0.2, 0) is 0 Å². The molecule has 1 aromatic heterocycles. The summed E-state index contributed by atoms with van der Waals surface area (Å²) in [6.07, 6.45) is 3.31. The van der Waals surface area contributed by atoms with Crippen LogP contribution in [0.1, 0.15) is 24.6 Å². The third kappa shape index (κ3) is 1.88. The molecule has 2 heterocycles. The van der Waals surface area contributed by atoms with Crippen molar-refractivity contribution >= 4 is 22.8 Å². The maximum absolute atomic E-state index is 13.3. The Kier molecular flexibility index (Phi) is 2.70. The van der Waals surface area contributed by atoms with Gasteiger partial charge in [-0.15, -0.1) is 11.8 Å². The quantitative estimate of drug-likeness (QED) is 0.847.